The van der Waals surface area contributed by atoms with E-state index in [2.05, 4.69) is 20.8 Å². The summed E-state index contributed by atoms with van der Waals surface area (Å²) >= 11 is 9.77. The number of hydrogen-bond donors (Lipinski definition) is 2. The summed E-state index contributed by atoms with van der Waals surface area (Å²) in [4.78, 5) is 26.3. The lowest BCUT2D eigenvalue weighted by Crippen LogP contribution is -2.37. The molecule has 3 aromatic rings. The number of carbonyl (C=O) groups excluding carboxylic acids is 2. The number of benzene rings is 1. The number of nitrogens with one attached hydrogen (secondary N) is 2. The van der Waals surface area contributed by atoms with Crippen LogP contribution in [-0.2, 0) is 15.0 Å². The summed E-state index contributed by atoms with van der Waals surface area (Å²) in [5, 5.41) is 16.0. The summed E-state index contributed by atoms with van der Waals surface area (Å²) in [5.41, 5.74) is -0.0821. The van der Waals surface area contributed by atoms with Crippen LogP contribution >= 0.6 is 46.0 Å². The molecule has 1 aliphatic carbocycles. The van der Waals surface area contributed by atoms with Gasteiger partial charge in [0, 0.05) is 10.6 Å². The number of nitrogens with zero attached hydrogens (tertiary/aromatic N) is 2. The van der Waals surface area contributed by atoms with Crippen molar-refractivity contribution >= 4 is 68.7 Å². The minimum Gasteiger partial charge on any atom is -0.325 e. The molecule has 31 heavy (non-hydrogen) atoms. The van der Waals surface area contributed by atoms with E-state index in [1.54, 1.807) is 11.3 Å². The maximum absolute atomic E-state index is 13.2. The molecule has 0 aliphatic heterocycles. The van der Waals surface area contributed by atoms with Gasteiger partial charge in [-0.2, -0.15) is 0 Å². The van der Waals surface area contributed by atoms with Crippen LogP contribution in [0.4, 0.5) is 15.2 Å². The fraction of sp³-hybridized carbons (Fsp3) is 0.300. The molecule has 1 aliphatic rings. The maximum atomic E-state index is 13.2. The van der Waals surface area contributed by atoms with E-state index in [1.165, 1.54) is 41.3 Å². The molecule has 1 fully saturated rings. The van der Waals surface area contributed by atoms with E-state index in [-0.39, 0.29) is 22.6 Å². The van der Waals surface area contributed by atoms with Gasteiger partial charge in [0.1, 0.15) is 5.82 Å². The molecule has 0 radical (unpaired) electrons. The number of amides is 2. The summed E-state index contributed by atoms with van der Waals surface area (Å²) in [7, 11) is 0. The Bertz CT molecular complexity index is 1080. The Morgan fingerprint density at radius 2 is 2.00 bits per heavy atom. The third-order valence-electron chi connectivity index (χ3n) is 5.04. The van der Waals surface area contributed by atoms with Gasteiger partial charge in [0.15, 0.2) is 4.34 Å². The first-order valence-electron chi connectivity index (χ1n) is 9.53. The SMILES string of the molecule is O=C(CSc1nnc(NC(=O)C2(c3cccs3)CCCC2)s1)Nc1ccc(F)c(Cl)c1. The molecule has 0 saturated heterocycles. The van der Waals surface area contributed by atoms with Crippen molar-refractivity contribution in [2.75, 3.05) is 16.4 Å². The minimum atomic E-state index is -0.545. The molecule has 6 nitrogen and oxygen atoms in total. The summed E-state index contributed by atoms with van der Waals surface area (Å²) in [6.07, 6.45) is 3.70. The molecule has 0 atom stereocenters. The van der Waals surface area contributed by atoms with Gasteiger partial charge >= 0.3 is 0 Å². The van der Waals surface area contributed by atoms with Crippen molar-refractivity contribution in [2.45, 2.75) is 35.4 Å². The van der Waals surface area contributed by atoms with E-state index in [4.69, 9.17) is 11.6 Å². The number of aromatic nitrogens is 2. The van der Waals surface area contributed by atoms with Gasteiger partial charge in [-0.15, -0.1) is 21.5 Å². The molecule has 2 aromatic heterocycles. The number of anilines is 2. The van der Waals surface area contributed by atoms with Gasteiger partial charge in [0.05, 0.1) is 16.2 Å². The number of carbonyl (C=O) groups is 2. The molecule has 4 rings (SSSR count). The zero-order valence-electron chi connectivity index (χ0n) is 16.2. The van der Waals surface area contributed by atoms with E-state index in [0.29, 0.717) is 15.2 Å². The van der Waals surface area contributed by atoms with E-state index < -0.39 is 11.2 Å². The Morgan fingerprint density at radius 1 is 1.19 bits per heavy atom. The second kappa shape index (κ2) is 9.64. The fourth-order valence-corrected chi connectivity index (χ4v) is 6.26. The summed E-state index contributed by atoms with van der Waals surface area (Å²) in [6, 6.07) is 7.97. The average molecular weight is 497 g/mol. The van der Waals surface area contributed by atoms with Gasteiger partial charge in [-0.1, -0.05) is 53.6 Å². The van der Waals surface area contributed by atoms with Crippen molar-refractivity contribution in [3.8, 4) is 0 Å². The van der Waals surface area contributed by atoms with Gasteiger partial charge < -0.3 is 5.32 Å². The Morgan fingerprint density at radius 3 is 2.71 bits per heavy atom. The number of thiophene rings is 1. The first-order valence-corrected chi connectivity index (χ1v) is 12.6. The molecule has 2 heterocycles. The van der Waals surface area contributed by atoms with Crippen molar-refractivity contribution in [3.05, 3.63) is 51.4 Å². The van der Waals surface area contributed by atoms with Crippen LogP contribution in [0.5, 0.6) is 0 Å². The van der Waals surface area contributed by atoms with Gasteiger partial charge in [-0.25, -0.2) is 4.39 Å². The lowest BCUT2D eigenvalue weighted by molar-refractivity contribution is -0.121. The number of halogens is 2. The fourth-order valence-electron chi connectivity index (χ4n) is 3.55. The van der Waals surface area contributed by atoms with Crippen molar-refractivity contribution in [2.24, 2.45) is 0 Å². The summed E-state index contributed by atoms with van der Waals surface area (Å²) < 4.78 is 13.8. The lowest BCUT2D eigenvalue weighted by Gasteiger charge is -2.25. The van der Waals surface area contributed by atoms with Gasteiger partial charge in [-0.05, 0) is 42.5 Å². The standard InChI is InChI=1S/C20H18ClFN4O2S3/c21-13-10-12(5-6-14(13)22)23-16(27)11-30-19-26-25-18(31-19)24-17(28)20(7-1-2-8-20)15-4-3-9-29-15/h3-6,9-10H,1-2,7-8,11H2,(H,23,27)(H,24,25,28). The van der Waals surface area contributed by atoms with E-state index in [1.807, 2.05) is 17.5 Å². The Labute approximate surface area is 195 Å². The zero-order chi connectivity index (χ0) is 21.8. The first kappa shape index (κ1) is 22.2. The maximum Gasteiger partial charge on any atom is 0.237 e. The molecule has 0 bridgehead atoms. The van der Waals surface area contributed by atoms with E-state index in [0.717, 1.165) is 30.6 Å². The lowest BCUT2D eigenvalue weighted by atomic mass is 9.83. The number of hydrogen-bond acceptors (Lipinski definition) is 7. The Kier molecular flexibility index (Phi) is 6.90. The second-order valence-corrected chi connectivity index (χ2v) is 10.6. The van der Waals surface area contributed by atoms with Crippen LogP contribution in [0.3, 0.4) is 0 Å². The topological polar surface area (TPSA) is 84.0 Å². The molecule has 11 heteroatoms. The predicted molar refractivity (Wildman–Crippen MR) is 124 cm³/mol. The molecular formula is C20H18ClFN4O2S3. The molecular weight excluding hydrogens is 479 g/mol. The quantitative estimate of drug-likeness (QED) is 0.330. The number of rotatable bonds is 7. The first-order chi connectivity index (χ1) is 15.0. The summed E-state index contributed by atoms with van der Waals surface area (Å²) in [5.74, 6) is -0.783. The molecule has 0 spiro atoms. The average Bonchev–Trinajstić information content (AvgIpc) is 3.51. The molecule has 0 unspecified atom stereocenters. The molecule has 1 saturated carbocycles. The van der Waals surface area contributed by atoms with Crippen LogP contribution in [0.15, 0.2) is 40.1 Å². The highest BCUT2D eigenvalue weighted by Crippen LogP contribution is 2.44. The summed E-state index contributed by atoms with van der Waals surface area (Å²) in [6.45, 7) is 0. The molecule has 1 aromatic carbocycles. The predicted octanol–water partition coefficient (Wildman–Crippen LogP) is 5.57. The number of thioether (sulfide) groups is 1. The van der Waals surface area contributed by atoms with Gasteiger partial charge in [-0.3, -0.25) is 14.9 Å². The highest BCUT2D eigenvalue weighted by atomic mass is 35.5. The highest BCUT2D eigenvalue weighted by molar-refractivity contribution is 8.01. The van der Waals surface area contributed by atoms with Crippen LogP contribution in [0, 0.1) is 5.82 Å². The van der Waals surface area contributed by atoms with E-state index in [9.17, 15) is 14.0 Å². The molecule has 2 amide bonds. The Hall–Kier alpha value is -2.01. The van der Waals surface area contributed by atoms with Crippen molar-refractivity contribution in [1.29, 1.82) is 0 Å². The minimum absolute atomic E-state index is 0.0499. The van der Waals surface area contributed by atoms with Crippen molar-refractivity contribution in [3.63, 3.8) is 0 Å². The van der Waals surface area contributed by atoms with Crippen LogP contribution in [0.1, 0.15) is 30.6 Å². The normalized spacial score (nSPS) is 15.0. The van der Waals surface area contributed by atoms with Crippen LogP contribution in [-0.4, -0.2) is 27.8 Å². The van der Waals surface area contributed by atoms with Crippen molar-refractivity contribution in [1.82, 2.24) is 10.2 Å². The zero-order valence-corrected chi connectivity index (χ0v) is 19.4. The van der Waals surface area contributed by atoms with Crippen LogP contribution in [0.2, 0.25) is 5.02 Å². The smallest absolute Gasteiger partial charge is 0.237 e. The monoisotopic (exact) mass is 496 g/mol. The third-order valence-corrected chi connectivity index (χ3v) is 8.38. The van der Waals surface area contributed by atoms with Gasteiger partial charge in [0.2, 0.25) is 16.9 Å². The van der Waals surface area contributed by atoms with Crippen LogP contribution in [0.25, 0.3) is 0 Å². The van der Waals surface area contributed by atoms with Crippen LogP contribution < -0.4 is 10.6 Å². The largest absolute Gasteiger partial charge is 0.325 e. The third kappa shape index (κ3) is 5.08. The second-order valence-electron chi connectivity index (χ2n) is 7.06. The Balaban J connectivity index is 1.33. The van der Waals surface area contributed by atoms with Crippen molar-refractivity contribution < 1.29 is 14.0 Å². The van der Waals surface area contributed by atoms with E-state index >= 15 is 0 Å². The highest BCUT2D eigenvalue weighted by Gasteiger charge is 2.43. The molecule has 2 N–H and O–H groups in total. The molecule has 162 valence electrons. The van der Waals surface area contributed by atoms with Gasteiger partial charge in [0.25, 0.3) is 0 Å².